The first-order valence-corrected chi connectivity index (χ1v) is 12.1. The molecule has 35 heavy (non-hydrogen) atoms. The zero-order valence-corrected chi connectivity index (χ0v) is 20.2. The molecule has 1 aliphatic rings. The molecule has 9 heteroatoms. The van der Waals surface area contributed by atoms with Crippen LogP contribution < -0.4 is 20.2 Å². The van der Waals surface area contributed by atoms with Gasteiger partial charge in [-0.25, -0.2) is 4.68 Å². The molecule has 0 bridgehead atoms. The number of nitrogens with one attached hydrogen (secondary N) is 2. The number of aromatic nitrogens is 3. The lowest BCUT2D eigenvalue weighted by molar-refractivity contribution is -0.116. The highest BCUT2D eigenvalue weighted by molar-refractivity contribution is 8.00. The number of carbonyl (C=O) groups excluding carboxylic acids is 1. The Bertz CT molecular complexity index is 1290. The van der Waals surface area contributed by atoms with Crippen LogP contribution in [0.5, 0.6) is 11.5 Å². The van der Waals surface area contributed by atoms with E-state index in [2.05, 4.69) is 20.9 Å². The van der Waals surface area contributed by atoms with Crippen LogP contribution >= 0.6 is 11.8 Å². The van der Waals surface area contributed by atoms with E-state index in [1.807, 2.05) is 85.8 Å². The zero-order valence-electron chi connectivity index (χ0n) is 19.3. The third-order valence-electron chi connectivity index (χ3n) is 5.67. The number of thioether (sulfide) groups is 1. The summed E-state index contributed by atoms with van der Waals surface area (Å²) in [6, 6.07) is 24.6. The second-order valence-electron chi connectivity index (χ2n) is 8.11. The van der Waals surface area contributed by atoms with Crippen LogP contribution in [0.2, 0.25) is 0 Å². The van der Waals surface area contributed by atoms with Crippen molar-refractivity contribution >= 4 is 23.4 Å². The zero-order chi connectivity index (χ0) is 24.2. The summed E-state index contributed by atoms with van der Waals surface area (Å²) in [6.07, 6.45) is 0. The summed E-state index contributed by atoms with van der Waals surface area (Å²) in [5.74, 6) is 1.99. The normalized spacial score (nSPS) is 16.6. The molecule has 178 valence electrons. The molecule has 4 aromatic rings. The number of amides is 1. The van der Waals surface area contributed by atoms with Crippen molar-refractivity contribution in [2.24, 2.45) is 0 Å². The van der Waals surface area contributed by atoms with Gasteiger partial charge in [0.25, 0.3) is 0 Å². The molecule has 8 nitrogen and oxygen atoms in total. The molecule has 2 heterocycles. The molecule has 0 saturated carbocycles. The van der Waals surface area contributed by atoms with Crippen molar-refractivity contribution in [3.8, 4) is 11.5 Å². The Balaban J connectivity index is 1.41. The number of para-hydroxylation sites is 1. The molecule has 5 rings (SSSR count). The molecule has 0 spiro atoms. The van der Waals surface area contributed by atoms with Gasteiger partial charge in [0.05, 0.1) is 13.2 Å². The molecule has 1 aromatic heterocycles. The Morgan fingerprint density at radius 3 is 2.46 bits per heavy atom. The minimum Gasteiger partial charge on any atom is -0.497 e. The van der Waals surface area contributed by atoms with Crippen molar-refractivity contribution in [3.63, 3.8) is 0 Å². The largest absolute Gasteiger partial charge is 0.497 e. The predicted octanol–water partition coefficient (Wildman–Crippen LogP) is 4.57. The summed E-state index contributed by atoms with van der Waals surface area (Å²) in [5, 5.41) is 11.8. The van der Waals surface area contributed by atoms with E-state index in [0.717, 1.165) is 28.3 Å². The highest BCUT2D eigenvalue weighted by atomic mass is 32.2. The standard InChI is InChI=1S/C26H25N5O3S/c1-17-8-12-19(13-9-17)27-25(32)24-23(18-10-14-20(33-2)15-11-18)30-31-22(28-29-26(31)35-24)16-34-21-6-4-3-5-7-21/h3-15,23-24,30H,16H2,1-2H3,(H,27,32)/t23-,24+/m0/s1. The number of nitrogens with zero attached hydrogens (tertiary/aromatic N) is 3. The van der Waals surface area contributed by atoms with Crippen LogP contribution in [0, 0.1) is 6.92 Å². The Morgan fingerprint density at radius 2 is 1.74 bits per heavy atom. The summed E-state index contributed by atoms with van der Waals surface area (Å²) in [4.78, 5) is 13.4. The second kappa shape index (κ2) is 10.1. The van der Waals surface area contributed by atoms with Crippen molar-refractivity contribution < 1.29 is 14.3 Å². The van der Waals surface area contributed by atoms with E-state index in [0.29, 0.717) is 11.0 Å². The van der Waals surface area contributed by atoms with Gasteiger partial charge in [-0.15, -0.1) is 10.2 Å². The maximum absolute atomic E-state index is 13.4. The lowest BCUT2D eigenvalue weighted by Crippen LogP contribution is -2.41. The lowest BCUT2D eigenvalue weighted by Gasteiger charge is -2.33. The van der Waals surface area contributed by atoms with Crippen LogP contribution in [-0.4, -0.2) is 33.1 Å². The van der Waals surface area contributed by atoms with E-state index in [-0.39, 0.29) is 18.6 Å². The van der Waals surface area contributed by atoms with E-state index in [1.54, 1.807) is 11.8 Å². The Kier molecular flexibility index (Phi) is 6.58. The fourth-order valence-corrected chi connectivity index (χ4v) is 4.87. The number of hydrogen-bond donors (Lipinski definition) is 2. The fourth-order valence-electron chi connectivity index (χ4n) is 3.77. The van der Waals surface area contributed by atoms with E-state index in [1.165, 1.54) is 11.8 Å². The number of carbonyl (C=O) groups is 1. The highest BCUT2D eigenvalue weighted by Gasteiger charge is 2.38. The van der Waals surface area contributed by atoms with Crippen molar-refractivity contribution in [3.05, 3.63) is 95.8 Å². The number of anilines is 1. The quantitative estimate of drug-likeness (QED) is 0.395. The van der Waals surface area contributed by atoms with Crippen LogP contribution in [0.15, 0.2) is 84.0 Å². The van der Waals surface area contributed by atoms with Gasteiger partial charge < -0.3 is 20.2 Å². The number of hydrogen-bond acceptors (Lipinski definition) is 7. The molecule has 1 amide bonds. The molecule has 0 radical (unpaired) electrons. The molecule has 0 fully saturated rings. The number of rotatable bonds is 7. The molecular weight excluding hydrogens is 462 g/mol. The van der Waals surface area contributed by atoms with Crippen molar-refractivity contribution in [2.45, 2.75) is 30.0 Å². The number of ether oxygens (including phenoxy) is 2. The van der Waals surface area contributed by atoms with Crippen LogP contribution in [0.25, 0.3) is 0 Å². The van der Waals surface area contributed by atoms with Crippen molar-refractivity contribution in [1.82, 2.24) is 14.9 Å². The number of methoxy groups -OCH3 is 1. The number of fused-ring (bicyclic) bond motifs is 1. The first kappa shape index (κ1) is 22.8. The maximum atomic E-state index is 13.4. The summed E-state index contributed by atoms with van der Waals surface area (Å²) in [5.41, 5.74) is 6.27. The first-order chi connectivity index (χ1) is 17.1. The van der Waals surface area contributed by atoms with Gasteiger partial charge in [-0.05, 0) is 48.9 Å². The summed E-state index contributed by atoms with van der Waals surface area (Å²) < 4.78 is 13.0. The fraction of sp³-hybridized carbons (Fsp3) is 0.192. The molecule has 3 aromatic carbocycles. The average Bonchev–Trinajstić information content (AvgIpc) is 3.30. The van der Waals surface area contributed by atoms with Gasteiger partial charge in [-0.1, -0.05) is 59.8 Å². The third-order valence-corrected chi connectivity index (χ3v) is 6.88. The number of benzene rings is 3. The Morgan fingerprint density at radius 1 is 1.00 bits per heavy atom. The summed E-state index contributed by atoms with van der Waals surface area (Å²) in [7, 11) is 1.63. The van der Waals surface area contributed by atoms with E-state index >= 15 is 0 Å². The summed E-state index contributed by atoms with van der Waals surface area (Å²) >= 11 is 1.37. The van der Waals surface area contributed by atoms with Gasteiger partial charge in [0.2, 0.25) is 11.1 Å². The Hall–Kier alpha value is -3.98. The van der Waals surface area contributed by atoms with Crippen LogP contribution in [-0.2, 0) is 11.4 Å². The molecular formula is C26H25N5O3S. The summed E-state index contributed by atoms with van der Waals surface area (Å²) in [6.45, 7) is 2.25. The van der Waals surface area contributed by atoms with Crippen LogP contribution in [0.1, 0.15) is 23.0 Å². The van der Waals surface area contributed by atoms with E-state index < -0.39 is 5.25 Å². The van der Waals surface area contributed by atoms with Gasteiger partial charge in [0.15, 0.2) is 5.82 Å². The minimum absolute atomic E-state index is 0.122. The minimum atomic E-state index is -0.482. The van der Waals surface area contributed by atoms with Gasteiger partial charge in [0.1, 0.15) is 23.4 Å². The first-order valence-electron chi connectivity index (χ1n) is 11.2. The second-order valence-corrected chi connectivity index (χ2v) is 9.22. The van der Waals surface area contributed by atoms with Gasteiger partial charge in [-0.2, -0.15) is 0 Å². The topological polar surface area (TPSA) is 90.3 Å². The van der Waals surface area contributed by atoms with Crippen molar-refractivity contribution in [2.75, 3.05) is 17.9 Å². The van der Waals surface area contributed by atoms with E-state index in [9.17, 15) is 4.79 Å². The van der Waals surface area contributed by atoms with Crippen LogP contribution in [0.3, 0.4) is 0 Å². The van der Waals surface area contributed by atoms with Crippen LogP contribution in [0.4, 0.5) is 5.69 Å². The molecule has 0 unspecified atom stereocenters. The van der Waals surface area contributed by atoms with E-state index in [4.69, 9.17) is 9.47 Å². The Labute approximate surface area is 207 Å². The molecule has 0 aliphatic carbocycles. The van der Waals surface area contributed by atoms with Crippen molar-refractivity contribution in [1.29, 1.82) is 0 Å². The molecule has 1 aliphatic heterocycles. The maximum Gasteiger partial charge on any atom is 0.240 e. The van der Waals surface area contributed by atoms with Gasteiger partial charge >= 0.3 is 0 Å². The third kappa shape index (κ3) is 5.09. The lowest BCUT2D eigenvalue weighted by atomic mass is 10.0. The molecule has 2 atom stereocenters. The van der Waals surface area contributed by atoms with Gasteiger partial charge in [-0.3, -0.25) is 4.79 Å². The predicted molar refractivity (Wildman–Crippen MR) is 135 cm³/mol. The molecule has 0 saturated heterocycles. The molecule has 2 N–H and O–H groups in total. The monoisotopic (exact) mass is 487 g/mol. The smallest absolute Gasteiger partial charge is 0.240 e. The average molecular weight is 488 g/mol. The number of aryl methyl sites for hydroxylation is 1. The highest BCUT2D eigenvalue weighted by Crippen LogP contribution is 2.38. The van der Waals surface area contributed by atoms with Gasteiger partial charge in [0, 0.05) is 5.69 Å². The SMILES string of the molecule is COc1ccc([C@@H]2Nn3c(COc4ccccc4)nnc3S[C@H]2C(=O)Nc2ccc(C)cc2)cc1.